The normalized spacial score (nSPS) is 12.0. The van der Waals surface area contributed by atoms with Crippen molar-refractivity contribution in [3.8, 4) is 11.4 Å². The summed E-state index contributed by atoms with van der Waals surface area (Å²) in [6.07, 6.45) is -0.165. The van der Waals surface area contributed by atoms with Gasteiger partial charge in [0.15, 0.2) is 0 Å². The number of aromatic nitrogens is 3. The molecule has 2 heterocycles. The molecule has 0 aliphatic heterocycles. The lowest BCUT2D eigenvalue weighted by atomic mass is 10.1. The zero-order valence-electron chi connectivity index (χ0n) is 12.1. The van der Waals surface area contributed by atoms with Crippen molar-refractivity contribution in [2.24, 2.45) is 7.05 Å². The first-order valence-corrected chi connectivity index (χ1v) is 6.88. The monoisotopic (exact) mass is 305 g/mol. The molecule has 0 atom stereocenters. The van der Waals surface area contributed by atoms with E-state index >= 15 is 0 Å². The van der Waals surface area contributed by atoms with Gasteiger partial charge in [-0.1, -0.05) is 6.92 Å². The van der Waals surface area contributed by atoms with E-state index in [1.165, 1.54) is 6.07 Å². The molecule has 114 valence electrons. The molecule has 1 aromatic carbocycles. The molecule has 0 saturated carbocycles. The third-order valence-corrected chi connectivity index (χ3v) is 3.73. The number of hydrogen-bond donors (Lipinski definition) is 0. The maximum Gasteiger partial charge on any atom is 0.416 e. The molecule has 0 amide bonds. The average molecular weight is 305 g/mol. The van der Waals surface area contributed by atoms with Gasteiger partial charge in [0.2, 0.25) is 0 Å². The standard InChI is InChI=1S/C16H14F3N3/c1-3-10-9-20-7-6-12(10)15-21-13-8-11(16(17,18)19)4-5-14(13)22(15)2/h4-9H,3H2,1-2H3. The predicted molar refractivity (Wildman–Crippen MR) is 78.3 cm³/mol. The highest BCUT2D eigenvalue weighted by Gasteiger charge is 2.31. The van der Waals surface area contributed by atoms with Gasteiger partial charge in [-0.15, -0.1) is 0 Å². The largest absolute Gasteiger partial charge is 0.416 e. The third-order valence-electron chi connectivity index (χ3n) is 3.73. The van der Waals surface area contributed by atoms with Crippen LogP contribution in [0.25, 0.3) is 22.4 Å². The Bertz CT molecular complexity index is 834. The van der Waals surface area contributed by atoms with E-state index in [2.05, 4.69) is 9.97 Å². The molecular formula is C16H14F3N3. The van der Waals surface area contributed by atoms with Gasteiger partial charge >= 0.3 is 6.18 Å². The minimum atomic E-state index is -4.36. The molecule has 0 bridgehead atoms. The van der Waals surface area contributed by atoms with Gasteiger partial charge < -0.3 is 4.57 Å². The minimum Gasteiger partial charge on any atom is -0.327 e. The highest BCUT2D eigenvalue weighted by Crippen LogP contribution is 2.33. The van der Waals surface area contributed by atoms with Crippen LogP contribution in [0.1, 0.15) is 18.1 Å². The summed E-state index contributed by atoms with van der Waals surface area (Å²) in [6, 6.07) is 5.47. The zero-order chi connectivity index (χ0) is 15.9. The van der Waals surface area contributed by atoms with Crippen LogP contribution in [-0.4, -0.2) is 14.5 Å². The molecule has 0 aliphatic carbocycles. The highest BCUT2D eigenvalue weighted by atomic mass is 19.4. The Morgan fingerprint density at radius 2 is 1.95 bits per heavy atom. The first-order chi connectivity index (χ1) is 10.4. The fourth-order valence-corrected chi connectivity index (χ4v) is 2.54. The topological polar surface area (TPSA) is 30.7 Å². The lowest BCUT2D eigenvalue weighted by molar-refractivity contribution is -0.137. The van der Waals surface area contributed by atoms with Crippen LogP contribution in [0.5, 0.6) is 0 Å². The number of nitrogens with zero attached hydrogens (tertiary/aromatic N) is 3. The second kappa shape index (κ2) is 5.12. The van der Waals surface area contributed by atoms with Gasteiger partial charge in [-0.25, -0.2) is 4.98 Å². The summed E-state index contributed by atoms with van der Waals surface area (Å²) in [5, 5.41) is 0. The Balaban J connectivity index is 2.22. The number of imidazole rings is 1. The number of fused-ring (bicyclic) bond motifs is 1. The number of hydrogen-bond acceptors (Lipinski definition) is 2. The second-order valence-electron chi connectivity index (χ2n) is 5.08. The first-order valence-electron chi connectivity index (χ1n) is 6.88. The number of benzene rings is 1. The smallest absolute Gasteiger partial charge is 0.327 e. The van der Waals surface area contributed by atoms with E-state index in [-0.39, 0.29) is 0 Å². The van der Waals surface area contributed by atoms with Crippen LogP contribution in [0, 0.1) is 0 Å². The van der Waals surface area contributed by atoms with Gasteiger partial charge in [0.05, 0.1) is 16.6 Å². The molecule has 0 radical (unpaired) electrons. The number of alkyl halides is 3. The molecule has 0 N–H and O–H groups in total. The van der Waals surface area contributed by atoms with Crippen LogP contribution < -0.4 is 0 Å². The number of aryl methyl sites for hydroxylation is 2. The fourth-order valence-electron chi connectivity index (χ4n) is 2.54. The van der Waals surface area contributed by atoms with E-state index in [1.54, 1.807) is 19.4 Å². The summed E-state index contributed by atoms with van der Waals surface area (Å²) in [6.45, 7) is 2.00. The molecule has 3 aromatic rings. The summed E-state index contributed by atoms with van der Waals surface area (Å²) in [5.74, 6) is 0.647. The minimum absolute atomic E-state index is 0.339. The van der Waals surface area contributed by atoms with E-state index in [1.807, 2.05) is 17.6 Å². The molecule has 3 rings (SSSR count). The van der Waals surface area contributed by atoms with Crippen molar-refractivity contribution in [2.75, 3.05) is 0 Å². The summed E-state index contributed by atoms with van der Waals surface area (Å²) >= 11 is 0. The summed E-state index contributed by atoms with van der Waals surface area (Å²) in [4.78, 5) is 8.49. The number of rotatable bonds is 2. The molecule has 22 heavy (non-hydrogen) atoms. The van der Waals surface area contributed by atoms with E-state index in [0.29, 0.717) is 16.9 Å². The third kappa shape index (κ3) is 2.34. The van der Waals surface area contributed by atoms with E-state index in [4.69, 9.17) is 0 Å². The van der Waals surface area contributed by atoms with Gasteiger partial charge in [0, 0.05) is 25.0 Å². The van der Waals surface area contributed by atoms with Gasteiger partial charge in [0.1, 0.15) is 5.82 Å². The van der Waals surface area contributed by atoms with Crippen molar-refractivity contribution < 1.29 is 13.2 Å². The fraction of sp³-hybridized carbons (Fsp3) is 0.250. The van der Waals surface area contributed by atoms with Crippen LogP contribution in [0.4, 0.5) is 13.2 Å². The molecule has 3 nitrogen and oxygen atoms in total. The van der Waals surface area contributed by atoms with Crippen molar-refractivity contribution in [1.82, 2.24) is 14.5 Å². The lowest BCUT2D eigenvalue weighted by Gasteiger charge is -2.07. The summed E-state index contributed by atoms with van der Waals surface area (Å²) in [7, 11) is 1.80. The van der Waals surface area contributed by atoms with Crippen LogP contribution in [0.3, 0.4) is 0 Å². The Kier molecular flexibility index (Phi) is 3.39. The summed E-state index contributed by atoms with van der Waals surface area (Å²) < 4.78 is 40.3. The highest BCUT2D eigenvalue weighted by molar-refractivity contribution is 5.81. The number of pyridine rings is 1. The predicted octanol–water partition coefficient (Wildman–Crippen LogP) is 4.22. The molecule has 2 aromatic heterocycles. The molecule has 0 aliphatic rings. The molecule has 0 spiro atoms. The van der Waals surface area contributed by atoms with Crippen molar-refractivity contribution in [2.45, 2.75) is 19.5 Å². The van der Waals surface area contributed by atoms with E-state index in [9.17, 15) is 13.2 Å². The maximum absolute atomic E-state index is 12.8. The lowest BCUT2D eigenvalue weighted by Crippen LogP contribution is -2.04. The molecule has 0 saturated heterocycles. The average Bonchev–Trinajstić information content (AvgIpc) is 2.83. The van der Waals surface area contributed by atoms with Gasteiger partial charge in [0.25, 0.3) is 0 Å². The van der Waals surface area contributed by atoms with Crippen LogP contribution in [0.2, 0.25) is 0 Å². The van der Waals surface area contributed by atoms with E-state index in [0.717, 1.165) is 29.7 Å². The summed E-state index contributed by atoms with van der Waals surface area (Å²) in [5.41, 5.74) is 2.23. The van der Waals surface area contributed by atoms with Crippen LogP contribution >= 0.6 is 0 Å². The Morgan fingerprint density at radius 1 is 1.18 bits per heavy atom. The Morgan fingerprint density at radius 3 is 2.64 bits per heavy atom. The first kappa shape index (κ1) is 14.6. The SMILES string of the molecule is CCc1cnccc1-c1nc2cc(C(F)(F)F)ccc2n1C. The van der Waals surface area contributed by atoms with Crippen molar-refractivity contribution in [1.29, 1.82) is 0 Å². The maximum atomic E-state index is 12.8. The van der Waals surface area contributed by atoms with Crippen LogP contribution in [0.15, 0.2) is 36.7 Å². The quantitative estimate of drug-likeness (QED) is 0.710. The number of halogens is 3. The Hall–Kier alpha value is -2.37. The van der Waals surface area contributed by atoms with E-state index < -0.39 is 11.7 Å². The van der Waals surface area contributed by atoms with Gasteiger partial charge in [-0.2, -0.15) is 13.2 Å². The molecule has 0 fully saturated rings. The Labute approximate surface area is 125 Å². The van der Waals surface area contributed by atoms with Crippen molar-refractivity contribution in [3.63, 3.8) is 0 Å². The zero-order valence-corrected chi connectivity index (χ0v) is 12.1. The second-order valence-corrected chi connectivity index (χ2v) is 5.08. The van der Waals surface area contributed by atoms with Crippen molar-refractivity contribution in [3.05, 3.63) is 47.8 Å². The van der Waals surface area contributed by atoms with Crippen LogP contribution in [-0.2, 0) is 19.6 Å². The molecule has 0 unspecified atom stereocenters. The van der Waals surface area contributed by atoms with Crippen molar-refractivity contribution >= 4 is 11.0 Å². The molecule has 6 heteroatoms. The van der Waals surface area contributed by atoms with Gasteiger partial charge in [-0.3, -0.25) is 4.98 Å². The van der Waals surface area contributed by atoms with Gasteiger partial charge in [-0.05, 0) is 36.2 Å². The molecular weight excluding hydrogens is 291 g/mol.